The Bertz CT molecular complexity index is 240. The summed E-state index contributed by atoms with van der Waals surface area (Å²) in [6.45, 7) is 0. The Morgan fingerprint density at radius 1 is 1.45 bits per heavy atom. The van der Waals surface area contributed by atoms with E-state index in [1.165, 1.54) is 11.3 Å². The molecule has 0 radical (unpaired) electrons. The molecule has 2 rings (SSSR count). The summed E-state index contributed by atoms with van der Waals surface area (Å²) in [5.41, 5.74) is 14.0. The lowest BCUT2D eigenvalue weighted by atomic mass is 9.92. The SMILES string of the molecule is NC1=NC2=C(C1)C[C@@H](N)CC2. The Labute approximate surface area is 66.2 Å². The van der Waals surface area contributed by atoms with Crippen LogP contribution in [-0.2, 0) is 0 Å². The molecule has 0 fully saturated rings. The van der Waals surface area contributed by atoms with Crippen LogP contribution in [0.5, 0.6) is 0 Å². The van der Waals surface area contributed by atoms with Gasteiger partial charge in [0.05, 0.1) is 0 Å². The molecule has 0 amide bonds. The third kappa shape index (κ3) is 1.16. The van der Waals surface area contributed by atoms with Gasteiger partial charge in [-0.05, 0) is 24.8 Å². The fourth-order valence-electron chi connectivity index (χ4n) is 1.78. The summed E-state index contributed by atoms with van der Waals surface area (Å²) >= 11 is 0. The minimum atomic E-state index is 0.342. The largest absolute Gasteiger partial charge is 0.387 e. The highest BCUT2D eigenvalue weighted by Gasteiger charge is 2.22. The van der Waals surface area contributed by atoms with E-state index in [2.05, 4.69) is 4.99 Å². The first-order valence-corrected chi connectivity index (χ1v) is 4.05. The van der Waals surface area contributed by atoms with Gasteiger partial charge in [0.2, 0.25) is 0 Å². The second-order valence-electron chi connectivity index (χ2n) is 3.33. The van der Waals surface area contributed by atoms with Crippen LogP contribution >= 0.6 is 0 Å². The quantitative estimate of drug-likeness (QED) is 0.530. The van der Waals surface area contributed by atoms with Crippen molar-refractivity contribution >= 4 is 5.84 Å². The molecule has 1 atom stereocenters. The molecular weight excluding hydrogens is 138 g/mol. The predicted octanol–water partition coefficient (Wildman–Crippen LogP) is 0.513. The van der Waals surface area contributed by atoms with Crippen LogP contribution in [0.2, 0.25) is 0 Å². The lowest BCUT2D eigenvalue weighted by Crippen LogP contribution is -2.23. The van der Waals surface area contributed by atoms with Crippen LogP contribution in [0.25, 0.3) is 0 Å². The smallest absolute Gasteiger partial charge is 0.103 e. The first kappa shape index (κ1) is 6.85. The Kier molecular flexibility index (Phi) is 1.46. The Hall–Kier alpha value is -0.830. The molecule has 0 aromatic rings. The van der Waals surface area contributed by atoms with E-state index in [9.17, 15) is 0 Å². The van der Waals surface area contributed by atoms with Crippen molar-refractivity contribution in [3.63, 3.8) is 0 Å². The van der Waals surface area contributed by atoms with Crippen LogP contribution < -0.4 is 11.5 Å². The van der Waals surface area contributed by atoms with Crippen molar-refractivity contribution in [1.82, 2.24) is 0 Å². The summed E-state index contributed by atoms with van der Waals surface area (Å²) in [7, 11) is 0. The van der Waals surface area contributed by atoms with Crippen molar-refractivity contribution in [1.29, 1.82) is 0 Å². The minimum Gasteiger partial charge on any atom is -0.387 e. The van der Waals surface area contributed by atoms with Gasteiger partial charge < -0.3 is 11.5 Å². The third-order valence-electron chi connectivity index (χ3n) is 2.34. The van der Waals surface area contributed by atoms with E-state index in [1.54, 1.807) is 0 Å². The van der Waals surface area contributed by atoms with Crippen molar-refractivity contribution in [2.45, 2.75) is 31.7 Å². The van der Waals surface area contributed by atoms with E-state index < -0.39 is 0 Å². The number of rotatable bonds is 0. The van der Waals surface area contributed by atoms with Gasteiger partial charge in [0.15, 0.2) is 0 Å². The molecule has 60 valence electrons. The van der Waals surface area contributed by atoms with Crippen molar-refractivity contribution < 1.29 is 0 Å². The van der Waals surface area contributed by atoms with Gasteiger partial charge in [0.1, 0.15) is 5.84 Å². The van der Waals surface area contributed by atoms with Crippen LogP contribution in [0.1, 0.15) is 25.7 Å². The Morgan fingerprint density at radius 3 is 3.09 bits per heavy atom. The van der Waals surface area contributed by atoms with E-state index in [-0.39, 0.29) is 0 Å². The molecule has 0 saturated heterocycles. The average molecular weight is 151 g/mol. The fourth-order valence-corrected chi connectivity index (χ4v) is 1.78. The minimum absolute atomic E-state index is 0.342. The molecule has 0 unspecified atom stereocenters. The molecule has 2 aliphatic rings. The van der Waals surface area contributed by atoms with E-state index in [4.69, 9.17) is 11.5 Å². The van der Waals surface area contributed by atoms with Gasteiger partial charge in [-0.1, -0.05) is 0 Å². The van der Waals surface area contributed by atoms with Crippen molar-refractivity contribution in [3.05, 3.63) is 11.3 Å². The summed E-state index contributed by atoms with van der Waals surface area (Å²) < 4.78 is 0. The van der Waals surface area contributed by atoms with Gasteiger partial charge in [-0.2, -0.15) is 0 Å². The number of nitrogens with two attached hydrogens (primary N) is 2. The molecule has 3 heteroatoms. The van der Waals surface area contributed by atoms with E-state index >= 15 is 0 Å². The average Bonchev–Trinajstić information content (AvgIpc) is 2.27. The maximum atomic E-state index is 5.81. The highest BCUT2D eigenvalue weighted by Crippen LogP contribution is 2.30. The number of hydrogen-bond donors (Lipinski definition) is 2. The summed E-state index contributed by atoms with van der Waals surface area (Å²) in [5, 5.41) is 0. The third-order valence-corrected chi connectivity index (χ3v) is 2.34. The number of aliphatic imine (C=N–C) groups is 1. The molecule has 1 aliphatic carbocycles. The van der Waals surface area contributed by atoms with Crippen molar-refractivity contribution in [3.8, 4) is 0 Å². The zero-order valence-electron chi connectivity index (χ0n) is 6.51. The number of nitrogens with zero attached hydrogens (tertiary/aromatic N) is 1. The molecule has 0 bridgehead atoms. The second-order valence-corrected chi connectivity index (χ2v) is 3.33. The maximum Gasteiger partial charge on any atom is 0.103 e. The summed E-state index contributed by atoms with van der Waals surface area (Å²) in [6, 6.07) is 0.342. The Morgan fingerprint density at radius 2 is 2.27 bits per heavy atom. The van der Waals surface area contributed by atoms with Gasteiger partial charge in [-0.25, -0.2) is 4.99 Å². The van der Waals surface area contributed by atoms with Crippen molar-refractivity contribution in [2.24, 2.45) is 16.5 Å². The van der Waals surface area contributed by atoms with Gasteiger partial charge in [-0.3, -0.25) is 0 Å². The molecule has 0 spiro atoms. The fraction of sp³-hybridized carbons (Fsp3) is 0.625. The summed E-state index contributed by atoms with van der Waals surface area (Å²) in [4.78, 5) is 4.26. The number of amidine groups is 1. The van der Waals surface area contributed by atoms with Gasteiger partial charge in [0.25, 0.3) is 0 Å². The summed E-state index contributed by atoms with van der Waals surface area (Å²) in [6.07, 6.45) is 3.95. The molecule has 1 heterocycles. The molecule has 1 aliphatic heterocycles. The molecule has 0 aromatic heterocycles. The van der Waals surface area contributed by atoms with Crippen LogP contribution in [-0.4, -0.2) is 11.9 Å². The lowest BCUT2D eigenvalue weighted by molar-refractivity contribution is 0.568. The van der Waals surface area contributed by atoms with Crippen molar-refractivity contribution in [2.75, 3.05) is 0 Å². The molecule has 0 saturated carbocycles. The second kappa shape index (κ2) is 2.34. The van der Waals surface area contributed by atoms with Gasteiger partial charge in [0, 0.05) is 18.2 Å². The van der Waals surface area contributed by atoms with E-state index in [0.29, 0.717) is 6.04 Å². The van der Waals surface area contributed by atoms with Crippen LogP contribution in [0.3, 0.4) is 0 Å². The first-order chi connectivity index (χ1) is 5.25. The zero-order valence-corrected chi connectivity index (χ0v) is 6.51. The number of allylic oxidation sites excluding steroid dienone is 1. The first-order valence-electron chi connectivity index (χ1n) is 4.05. The molecule has 0 aromatic carbocycles. The van der Waals surface area contributed by atoms with Crippen LogP contribution in [0.15, 0.2) is 16.3 Å². The monoisotopic (exact) mass is 151 g/mol. The van der Waals surface area contributed by atoms with Crippen LogP contribution in [0.4, 0.5) is 0 Å². The topological polar surface area (TPSA) is 64.4 Å². The summed E-state index contributed by atoms with van der Waals surface area (Å²) in [5.74, 6) is 0.768. The number of hydrogen-bond acceptors (Lipinski definition) is 3. The van der Waals surface area contributed by atoms with E-state index in [0.717, 1.165) is 31.5 Å². The maximum absolute atomic E-state index is 5.81. The highest BCUT2D eigenvalue weighted by molar-refractivity contribution is 5.86. The zero-order chi connectivity index (χ0) is 7.84. The molecule has 4 N–H and O–H groups in total. The van der Waals surface area contributed by atoms with Gasteiger partial charge >= 0.3 is 0 Å². The standard InChI is InChI=1S/C8H13N3/c9-6-1-2-7-5(3-6)4-8(10)11-7/h6H,1-4,9H2,(H2,10,11)/t6-/m0/s1. The Balaban J connectivity index is 2.18. The van der Waals surface area contributed by atoms with Crippen LogP contribution in [0, 0.1) is 0 Å². The molecule has 11 heavy (non-hydrogen) atoms. The highest BCUT2D eigenvalue weighted by atomic mass is 14.9. The normalized spacial score (nSPS) is 30.3. The predicted molar refractivity (Wildman–Crippen MR) is 45.1 cm³/mol. The van der Waals surface area contributed by atoms with E-state index in [1.807, 2.05) is 0 Å². The molecule has 3 nitrogen and oxygen atoms in total. The van der Waals surface area contributed by atoms with Gasteiger partial charge in [-0.15, -0.1) is 0 Å². The molecular formula is C8H13N3. The lowest BCUT2D eigenvalue weighted by Gasteiger charge is -2.18.